The SMILES string of the molecule is Cc1ccc(CNC2C3CC4CC(C3)CC2C4)cc1F. The first-order valence-electron chi connectivity index (χ1n) is 8.17. The summed E-state index contributed by atoms with van der Waals surface area (Å²) in [6, 6.07) is 6.33. The second kappa shape index (κ2) is 4.84. The minimum Gasteiger partial charge on any atom is -0.309 e. The highest BCUT2D eigenvalue weighted by atomic mass is 19.1. The standard InChI is InChI=1S/C18H24FN/c1-11-2-3-12(9-17(11)19)10-20-18-15-5-13-4-14(7-15)8-16(18)6-13/h2-3,9,13-16,18,20H,4-8,10H2,1H3. The molecule has 1 N–H and O–H groups in total. The molecule has 0 heterocycles. The minimum atomic E-state index is -0.0746. The van der Waals surface area contributed by atoms with E-state index in [2.05, 4.69) is 11.4 Å². The summed E-state index contributed by atoms with van der Waals surface area (Å²) in [6.45, 7) is 2.65. The van der Waals surface area contributed by atoms with Gasteiger partial charge in [-0.3, -0.25) is 0 Å². The minimum absolute atomic E-state index is 0.0746. The zero-order valence-electron chi connectivity index (χ0n) is 12.2. The molecule has 0 saturated heterocycles. The molecule has 0 unspecified atom stereocenters. The van der Waals surface area contributed by atoms with E-state index >= 15 is 0 Å². The van der Waals surface area contributed by atoms with Crippen molar-refractivity contribution >= 4 is 0 Å². The van der Waals surface area contributed by atoms with Crippen molar-refractivity contribution in [1.29, 1.82) is 0 Å². The third-order valence-electron chi connectivity index (χ3n) is 6.00. The van der Waals surface area contributed by atoms with Crippen LogP contribution in [0.3, 0.4) is 0 Å². The molecular weight excluding hydrogens is 249 g/mol. The summed E-state index contributed by atoms with van der Waals surface area (Å²) >= 11 is 0. The van der Waals surface area contributed by atoms with Gasteiger partial charge in [0.25, 0.3) is 0 Å². The summed E-state index contributed by atoms with van der Waals surface area (Å²) in [4.78, 5) is 0. The normalized spacial score (nSPS) is 38.4. The van der Waals surface area contributed by atoms with Crippen molar-refractivity contribution in [2.45, 2.75) is 51.6 Å². The predicted molar refractivity (Wildman–Crippen MR) is 78.8 cm³/mol. The van der Waals surface area contributed by atoms with Gasteiger partial charge in [0.05, 0.1) is 0 Å². The van der Waals surface area contributed by atoms with E-state index in [1.807, 2.05) is 13.0 Å². The lowest BCUT2D eigenvalue weighted by molar-refractivity contribution is -0.0142. The van der Waals surface area contributed by atoms with Crippen molar-refractivity contribution in [2.75, 3.05) is 0 Å². The van der Waals surface area contributed by atoms with Gasteiger partial charge in [0.2, 0.25) is 0 Å². The Morgan fingerprint density at radius 2 is 1.70 bits per heavy atom. The highest BCUT2D eigenvalue weighted by molar-refractivity contribution is 5.23. The fraction of sp³-hybridized carbons (Fsp3) is 0.667. The van der Waals surface area contributed by atoms with E-state index in [0.717, 1.165) is 41.3 Å². The third-order valence-corrected chi connectivity index (χ3v) is 6.00. The average Bonchev–Trinajstić information content (AvgIpc) is 2.41. The number of nitrogens with one attached hydrogen (secondary N) is 1. The lowest BCUT2D eigenvalue weighted by Crippen LogP contribution is -2.54. The van der Waals surface area contributed by atoms with Crippen LogP contribution in [0.15, 0.2) is 18.2 Å². The van der Waals surface area contributed by atoms with Gasteiger partial charge < -0.3 is 5.32 Å². The monoisotopic (exact) mass is 273 g/mol. The van der Waals surface area contributed by atoms with Crippen LogP contribution < -0.4 is 5.32 Å². The first-order chi connectivity index (χ1) is 9.69. The molecule has 4 aliphatic rings. The molecule has 20 heavy (non-hydrogen) atoms. The molecule has 0 radical (unpaired) electrons. The average molecular weight is 273 g/mol. The van der Waals surface area contributed by atoms with Crippen LogP contribution in [-0.4, -0.2) is 6.04 Å². The van der Waals surface area contributed by atoms with Gasteiger partial charge in [-0.15, -0.1) is 0 Å². The van der Waals surface area contributed by atoms with Crippen molar-refractivity contribution in [3.8, 4) is 0 Å². The molecular formula is C18H24FN. The van der Waals surface area contributed by atoms with Gasteiger partial charge in [0.1, 0.15) is 5.82 Å². The zero-order valence-corrected chi connectivity index (χ0v) is 12.2. The number of rotatable bonds is 3. The van der Waals surface area contributed by atoms with E-state index in [1.54, 1.807) is 6.07 Å². The molecule has 1 nitrogen and oxygen atoms in total. The molecule has 0 atom stereocenters. The Morgan fingerprint density at radius 3 is 2.30 bits per heavy atom. The van der Waals surface area contributed by atoms with Gasteiger partial charge in [-0.1, -0.05) is 12.1 Å². The van der Waals surface area contributed by atoms with Crippen LogP contribution in [-0.2, 0) is 6.54 Å². The third kappa shape index (κ3) is 2.18. The lowest BCUT2D eigenvalue weighted by atomic mass is 9.54. The molecule has 0 amide bonds. The summed E-state index contributed by atoms with van der Waals surface area (Å²) in [5.41, 5.74) is 1.82. The highest BCUT2D eigenvalue weighted by Gasteiger charge is 2.47. The molecule has 4 bridgehead atoms. The van der Waals surface area contributed by atoms with Gasteiger partial charge in [-0.05, 0) is 79.9 Å². The van der Waals surface area contributed by atoms with Gasteiger partial charge in [-0.25, -0.2) is 4.39 Å². The number of halogens is 1. The van der Waals surface area contributed by atoms with E-state index in [-0.39, 0.29) is 5.82 Å². The van der Waals surface area contributed by atoms with Crippen LogP contribution in [0.1, 0.15) is 43.2 Å². The molecule has 1 aromatic rings. The summed E-state index contributed by atoms with van der Waals surface area (Å²) in [5.74, 6) is 3.75. The Hall–Kier alpha value is -0.890. The quantitative estimate of drug-likeness (QED) is 0.876. The molecule has 5 rings (SSSR count). The maximum absolute atomic E-state index is 13.6. The molecule has 0 spiro atoms. The molecule has 1 aromatic carbocycles. The van der Waals surface area contributed by atoms with Gasteiger partial charge in [0.15, 0.2) is 0 Å². The highest BCUT2D eigenvalue weighted by Crippen LogP contribution is 2.53. The summed E-state index contributed by atoms with van der Waals surface area (Å²) < 4.78 is 13.6. The fourth-order valence-corrected chi connectivity index (χ4v) is 5.24. The van der Waals surface area contributed by atoms with E-state index in [9.17, 15) is 4.39 Å². The molecule has 108 valence electrons. The molecule has 2 heteroatoms. The Balaban J connectivity index is 1.43. The van der Waals surface area contributed by atoms with Crippen LogP contribution in [0.2, 0.25) is 0 Å². The first kappa shape index (κ1) is 12.8. The number of hydrogen-bond acceptors (Lipinski definition) is 1. The Bertz CT molecular complexity index is 482. The van der Waals surface area contributed by atoms with Crippen molar-refractivity contribution in [3.05, 3.63) is 35.1 Å². The van der Waals surface area contributed by atoms with Crippen LogP contribution >= 0.6 is 0 Å². The zero-order chi connectivity index (χ0) is 13.7. The second-order valence-corrected chi connectivity index (χ2v) is 7.42. The van der Waals surface area contributed by atoms with E-state index < -0.39 is 0 Å². The summed E-state index contributed by atoms with van der Waals surface area (Å²) in [5, 5.41) is 3.76. The maximum atomic E-state index is 13.6. The summed E-state index contributed by atoms with van der Waals surface area (Å²) in [7, 11) is 0. The topological polar surface area (TPSA) is 12.0 Å². The lowest BCUT2D eigenvalue weighted by Gasteiger charge is -2.54. The number of aryl methyl sites for hydroxylation is 1. The Labute approximate surface area is 121 Å². The van der Waals surface area contributed by atoms with Gasteiger partial charge in [0, 0.05) is 12.6 Å². The molecule has 0 aromatic heterocycles. The van der Waals surface area contributed by atoms with Crippen molar-refractivity contribution < 1.29 is 4.39 Å². The number of benzene rings is 1. The molecule has 4 saturated carbocycles. The van der Waals surface area contributed by atoms with Gasteiger partial charge in [-0.2, -0.15) is 0 Å². The van der Waals surface area contributed by atoms with Crippen LogP contribution in [0.25, 0.3) is 0 Å². The maximum Gasteiger partial charge on any atom is 0.126 e. The van der Waals surface area contributed by atoms with E-state index in [4.69, 9.17) is 0 Å². The predicted octanol–water partition coefficient (Wildman–Crippen LogP) is 4.05. The van der Waals surface area contributed by atoms with E-state index in [1.165, 1.54) is 32.1 Å². The Morgan fingerprint density at radius 1 is 1.05 bits per heavy atom. The van der Waals surface area contributed by atoms with Crippen molar-refractivity contribution in [3.63, 3.8) is 0 Å². The van der Waals surface area contributed by atoms with Crippen molar-refractivity contribution in [1.82, 2.24) is 5.32 Å². The van der Waals surface area contributed by atoms with Gasteiger partial charge >= 0.3 is 0 Å². The number of hydrogen-bond donors (Lipinski definition) is 1. The first-order valence-corrected chi connectivity index (χ1v) is 8.17. The molecule has 4 fully saturated rings. The summed E-state index contributed by atoms with van der Waals surface area (Å²) in [6.07, 6.45) is 7.25. The smallest absolute Gasteiger partial charge is 0.126 e. The van der Waals surface area contributed by atoms with Crippen LogP contribution in [0, 0.1) is 36.4 Å². The van der Waals surface area contributed by atoms with E-state index in [0.29, 0.717) is 6.04 Å². The van der Waals surface area contributed by atoms with Crippen molar-refractivity contribution in [2.24, 2.45) is 23.7 Å². The van der Waals surface area contributed by atoms with Crippen LogP contribution in [0.4, 0.5) is 4.39 Å². The second-order valence-electron chi connectivity index (χ2n) is 7.42. The molecule has 0 aliphatic heterocycles. The fourth-order valence-electron chi connectivity index (χ4n) is 5.24. The largest absolute Gasteiger partial charge is 0.309 e. The molecule has 4 aliphatic carbocycles. The van der Waals surface area contributed by atoms with Crippen LogP contribution in [0.5, 0.6) is 0 Å². The Kier molecular flexibility index (Phi) is 3.10.